The molecule has 0 aliphatic carbocycles. The molecule has 0 amide bonds. The van der Waals surface area contributed by atoms with Crippen LogP contribution < -0.4 is 5.32 Å². The first-order valence-corrected chi connectivity index (χ1v) is 4.87. The van der Waals surface area contributed by atoms with Crippen LogP contribution in [-0.2, 0) is 0 Å². The van der Waals surface area contributed by atoms with E-state index in [1.807, 2.05) is 13.8 Å². The maximum absolute atomic E-state index is 10.6. The lowest BCUT2D eigenvalue weighted by atomic mass is 10.1. The Kier molecular flexibility index (Phi) is 3.44. The van der Waals surface area contributed by atoms with E-state index in [4.69, 9.17) is 5.11 Å². The number of aliphatic hydroxyl groups excluding tert-OH is 1. The first kappa shape index (κ1) is 12.4. The second-order valence-electron chi connectivity index (χ2n) is 4.23. The molecule has 0 bridgehead atoms. The molecule has 0 atom stereocenters. The summed E-state index contributed by atoms with van der Waals surface area (Å²) in [4.78, 5) is 14.2. The molecule has 0 unspecified atom stereocenters. The molecule has 0 aliphatic rings. The molecule has 0 aliphatic heterocycles. The van der Waals surface area contributed by atoms with Gasteiger partial charge in [0.05, 0.1) is 17.1 Å². The highest BCUT2D eigenvalue weighted by Gasteiger charge is 2.18. The van der Waals surface area contributed by atoms with Gasteiger partial charge in [0, 0.05) is 6.07 Å². The summed E-state index contributed by atoms with van der Waals surface area (Å²) in [5.74, 6) is 0.516. The summed E-state index contributed by atoms with van der Waals surface area (Å²) in [6.45, 7) is 5.15. The fourth-order valence-corrected chi connectivity index (χ4v) is 1.20. The molecule has 0 fully saturated rings. The predicted octanol–water partition coefficient (Wildman–Crippen LogP) is 1.48. The Bertz CT molecular complexity index is 404. The standard InChI is InChI=1S/C10H15N3O3/c1-7-8(13(15)16)4-5-9(11-7)12-10(2,3)6-14/h4-5,14H,6H2,1-3H3,(H,11,12). The monoisotopic (exact) mass is 225 g/mol. The summed E-state index contributed by atoms with van der Waals surface area (Å²) in [6, 6.07) is 2.93. The molecule has 1 heterocycles. The number of hydrogen-bond donors (Lipinski definition) is 2. The highest BCUT2D eigenvalue weighted by molar-refractivity contribution is 5.46. The van der Waals surface area contributed by atoms with Crippen LogP contribution in [0.15, 0.2) is 12.1 Å². The number of nitrogens with one attached hydrogen (secondary N) is 1. The van der Waals surface area contributed by atoms with Gasteiger partial charge in [-0.05, 0) is 26.8 Å². The van der Waals surface area contributed by atoms with Gasteiger partial charge in [-0.1, -0.05) is 0 Å². The minimum Gasteiger partial charge on any atom is -0.394 e. The Labute approximate surface area is 93.5 Å². The molecule has 0 aromatic carbocycles. The Morgan fingerprint density at radius 3 is 2.62 bits per heavy atom. The number of nitrogens with zero attached hydrogens (tertiary/aromatic N) is 2. The number of aryl methyl sites for hydroxylation is 1. The molecule has 2 N–H and O–H groups in total. The maximum atomic E-state index is 10.6. The van der Waals surface area contributed by atoms with Crippen LogP contribution in [0.2, 0.25) is 0 Å². The highest BCUT2D eigenvalue weighted by Crippen LogP contribution is 2.19. The van der Waals surface area contributed by atoms with Crippen molar-refractivity contribution in [1.29, 1.82) is 0 Å². The van der Waals surface area contributed by atoms with Crippen molar-refractivity contribution in [2.75, 3.05) is 11.9 Å². The summed E-state index contributed by atoms with van der Waals surface area (Å²) in [5, 5.41) is 22.6. The third-order valence-electron chi connectivity index (χ3n) is 2.12. The molecule has 0 radical (unpaired) electrons. The molecule has 0 saturated heterocycles. The van der Waals surface area contributed by atoms with E-state index >= 15 is 0 Å². The number of aliphatic hydroxyl groups is 1. The summed E-state index contributed by atoms with van der Waals surface area (Å²) < 4.78 is 0. The molecule has 6 nitrogen and oxygen atoms in total. The molecule has 6 heteroatoms. The van der Waals surface area contributed by atoms with Crippen LogP contribution in [-0.4, -0.2) is 27.2 Å². The number of aromatic nitrogens is 1. The molecule has 0 spiro atoms. The minimum atomic E-state index is -0.504. The van der Waals surface area contributed by atoms with Crippen LogP contribution in [0.25, 0.3) is 0 Å². The summed E-state index contributed by atoms with van der Waals surface area (Å²) in [6.07, 6.45) is 0. The van der Waals surface area contributed by atoms with Gasteiger partial charge in [-0.25, -0.2) is 4.98 Å². The number of anilines is 1. The molecule has 0 saturated carbocycles. The van der Waals surface area contributed by atoms with Crippen LogP contribution in [0, 0.1) is 17.0 Å². The zero-order valence-corrected chi connectivity index (χ0v) is 9.52. The number of nitro groups is 1. The van der Waals surface area contributed by atoms with Crippen molar-refractivity contribution in [2.24, 2.45) is 0 Å². The van der Waals surface area contributed by atoms with Gasteiger partial charge in [-0.2, -0.15) is 0 Å². The van der Waals surface area contributed by atoms with Crippen molar-refractivity contribution in [3.63, 3.8) is 0 Å². The van der Waals surface area contributed by atoms with E-state index in [1.54, 1.807) is 6.92 Å². The number of hydrogen-bond acceptors (Lipinski definition) is 5. The molecular formula is C10H15N3O3. The van der Waals surface area contributed by atoms with Crippen molar-refractivity contribution in [1.82, 2.24) is 4.98 Å². The molecule has 1 rings (SSSR count). The van der Waals surface area contributed by atoms with Crippen molar-refractivity contribution >= 4 is 11.5 Å². The molecule has 88 valence electrons. The van der Waals surface area contributed by atoms with Gasteiger partial charge in [0.1, 0.15) is 11.5 Å². The van der Waals surface area contributed by atoms with Crippen LogP contribution in [0.1, 0.15) is 19.5 Å². The van der Waals surface area contributed by atoms with Crippen molar-refractivity contribution in [3.8, 4) is 0 Å². The lowest BCUT2D eigenvalue weighted by molar-refractivity contribution is -0.385. The van der Waals surface area contributed by atoms with E-state index in [0.29, 0.717) is 11.5 Å². The van der Waals surface area contributed by atoms with Gasteiger partial charge in [0.15, 0.2) is 0 Å². The fraction of sp³-hybridized carbons (Fsp3) is 0.500. The minimum absolute atomic E-state index is 0.00708. The van der Waals surface area contributed by atoms with Crippen LogP contribution in [0.5, 0.6) is 0 Å². The van der Waals surface area contributed by atoms with Gasteiger partial charge < -0.3 is 10.4 Å². The van der Waals surface area contributed by atoms with Gasteiger partial charge in [0.25, 0.3) is 5.69 Å². The van der Waals surface area contributed by atoms with E-state index in [9.17, 15) is 10.1 Å². The molecular weight excluding hydrogens is 210 g/mol. The quantitative estimate of drug-likeness (QED) is 0.598. The zero-order valence-electron chi connectivity index (χ0n) is 9.52. The smallest absolute Gasteiger partial charge is 0.290 e. The highest BCUT2D eigenvalue weighted by atomic mass is 16.6. The molecule has 1 aromatic rings. The van der Waals surface area contributed by atoms with Gasteiger partial charge >= 0.3 is 0 Å². The van der Waals surface area contributed by atoms with Crippen molar-refractivity contribution < 1.29 is 10.0 Å². The van der Waals surface area contributed by atoms with Crippen LogP contribution in [0.4, 0.5) is 11.5 Å². The van der Waals surface area contributed by atoms with Gasteiger partial charge in [-0.15, -0.1) is 0 Å². The van der Waals surface area contributed by atoms with Crippen molar-refractivity contribution in [3.05, 3.63) is 27.9 Å². The first-order chi connectivity index (χ1) is 7.35. The van der Waals surface area contributed by atoms with Gasteiger partial charge in [-0.3, -0.25) is 10.1 Å². The lowest BCUT2D eigenvalue weighted by Gasteiger charge is -2.24. The van der Waals surface area contributed by atoms with Gasteiger partial charge in [0.2, 0.25) is 0 Å². The third-order valence-corrected chi connectivity index (χ3v) is 2.12. The summed E-state index contributed by atoms with van der Waals surface area (Å²) in [5.41, 5.74) is -0.161. The molecule has 1 aromatic heterocycles. The summed E-state index contributed by atoms with van der Waals surface area (Å²) in [7, 11) is 0. The largest absolute Gasteiger partial charge is 0.394 e. The second-order valence-corrected chi connectivity index (χ2v) is 4.23. The average Bonchev–Trinajstić information content (AvgIpc) is 2.16. The van der Waals surface area contributed by atoms with Crippen LogP contribution >= 0.6 is 0 Å². The van der Waals surface area contributed by atoms with E-state index in [-0.39, 0.29) is 12.3 Å². The normalized spacial score (nSPS) is 11.2. The topological polar surface area (TPSA) is 88.3 Å². The third kappa shape index (κ3) is 2.90. The number of pyridine rings is 1. The van der Waals surface area contributed by atoms with E-state index in [1.165, 1.54) is 12.1 Å². The molecule has 16 heavy (non-hydrogen) atoms. The SMILES string of the molecule is Cc1nc(NC(C)(C)CO)ccc1[N+](=O)[O-]. The maximum Gasteiger partial charge on any atom is 0.290 e. The Balaban J connectivity index is 2.94. The first-order valence-electron chi connectivity index (χ1n) is 4.87. The van der Waals surface area contributed by atoms with Crippen LogP contribution in [0.3, 0.4) is 0 Å². The second kappa shape index (κ2) is 4.44. The Morgan fingerprint density at radius 2 is 2.19 bits per heavy atom. The zero-order chi connectivity index (χ0) is 12.3. The summed E-state index contributed by atoms with van der Waals surface area (Å²) >= 11 is 0. The van der Waals surface area contributed by atoms with E-state index in [0.717, 1.165) is 0 Å². The van der Waals surface area contributed by atoms with E-state index in [2.05, 4.69) is 10.3 Å². The average molecular weight is 225 g/mol. The lowest BCUT2D eigenvalue weighted by Crippen LogP contribution is -2.35. The van der Waals surface area contributed by atoms with E-state index < -0.39 is 10.5 Å². The predicted molar refractivity (Wildman–Crippen MR) is 60.4 cm³/mol. The fourth-order valence-electron chi connectivity index (χ4n) is 1.20. The van der Waals surface area contributed by atoms with Crippen molar-refractivity contribution in [2.45, 2.75) is 26.3 Å². The Morgan fingerprint density at radius 1 is 1.56 bits per heavy atom. The Hall–Kier alpha value is -1.69. The number of rotatable bonds is 4.